The van der Waals surface area contributed by atoms with Gasteiger partial charge in [-0.15, -0.1) is 0 Å². The van der Waals surface area contributed by atoms with Crippen molar-refractivity contribution in [2.45, 2.75) is 13.5 Å². The van der Waals surface area contributed by atoms with Gasteiger partial charge in [-0.3, -0.25) is 0 Å². The summed E-state index contributed by atoms with van der Waals surface area (Å²) in [5.74, 6) is 0.367. The molecule has 0 aliphatic rings. The summed E-state index contributed by atoms with van der Waals surface area (Å²) < 4.78 is 19.5. The van der Waals surface area contributed by atoms with Crippen LogP contribution in [-0.4, -0.2) is 0 Å². The second-order valence-electron chi connectivity index (χ2n) is 3.93. The number of hydrogen-bond donors (Lipinski definition) is 0. The molecule has 0 amide bonds. The topological polar surface area (TPSA) is 9.23 Å². The van der Waals surface area contributed by atoms with Gasteiger partial charge in [-0.1, -0.05) is 33.6 Å². The minimum absolute atomic E-state index is 0.239. The van der Waals surface area contributed by atoms with Crippen LogP contribution in [0.5, 0.6) is 5.75 Å². The lowest BCUT2D eigenvalue weighted by Gasteiger charge is -2.10. The van der Waals surface area contributed by atoms with Gasteiger partial charge in [0.15, 0.2) is 0 Å². The van der Waals surface area contributed by atoms with Gasteiger partial charge in [0.25, 0.3) is 0 Å². The third-order valence-corrected chi connectivity index (χ3v) is 3.39. The van der Waals surface area contributed by atoms with Gasteiger partial charge in [0.2, 0.25) is 0 Å². The molecule has 0 N–H and O–H groups in total. The third kappa shape index (κ3) is 3.24. The SMILES string of the molecule is Cc1cc(F)ccc1COc1cc(Br)ccc1Cl. The third-order valence-electron chi connectivity index (χ3n) is 2.58. The highest BCUT2D eigenvalue weighted by molar-refractivity contribution is 9.10. The molecule has 0 fully saturated rings. The summed E-state index contributed by atoms with van der Waals surface area (Å²) in [5, 5.41) is 0.554. The first-order valence-electron chi connectivity index (χ1n) is 5.39. The molecule has 2 aromatic rings. The van der Waals surface area contributed by atoms with Crippen molar-refractivity contribution in [2.24, 2.45) is 0 Å². The monoisotopic (exact) mass is 328 g/mol. The summed E-state index contributed by atoms with van der Waals surface area (Å²) in [5.41, 5.74) is 1.80. The van der Waals surface area contributed by atoms with E-state index in [1.165, 1.54) is 12.1 Å². The number of benzene rings is 2. The maximum atomic E-state index is 13.0. The summed E-state index contributed by atoms with van der Waals surface area (Å²) in [6.45, 7) is 2.21. The first kappa shape index (κ1) is 13.4. The van der Waals surface area contributed by atoms with E-state index in [9.17, 15) is 4.39 Å². The predicted molar refractivity (Wildman–Crippen MR) is 74.6 cm³/mol. The highest BCUT2D eigenvalue weighted by Gasteiger charge is 2.05. The van der Waals surface area contributed by atoms with E-state index in [-0.39, 0.29) is 5.82 Å². The smallest absolute Gasteiger partial charge is 0.139 e. The molecule has 0 spiro atoms. The van der Waals surface area contributed by atoms with Crippen molar-refractivity contribution >= 4 is 27.5 Å². The molecule has 0 atom stereocenters. The first-order valence-corrected chi connectivity index (χ1v) is 6.56. The van der Waals surface area contributed by atoms with E-state index in [4.69, 9.17) is 16.3 Å². The van der Waals surface area contributed by atoms with Crippen LogP contribution in [0.4, 0.5) is 4.39 Å². The second-order valence-corrected chi connectivity index (χ2v) is 5.26. The Labute approximate surface area is 119 Å². The zero-order chi connectivity index (χ0) is 13.1. The minimum Gasteiger partial charge on any atom is -0.487 e. The minimum atomic E-state index is -0.239. The van der Waals surface area contributed by atoms with Crippen LogP contribution in [0.1, 0.15) is 11.1 Å². The largest absolute Gasteiger partial charge is 0.487 e. The fraction of sp³-hybridized carbons (Fsp3) is 0.143. The van der Waals surface area contributed by atoms with Crippen molar-refractivity contribution in [2.75, 3.05) is 0 Å². The first-order chi connectivity index (χ1) is 8.56. The standard InChI is InChI=1S/C14H11BrClFO/c1-9-6-12(17)4-2-10(9)8-18-14-7-11(15)3-5-13(14)16/h2-7H,8H2,1H3. The average molecular weight is 330 g/mol. The molecule has 2 aromatic carbocycles. The molecule has 0 aromatic heterocycles. The highest BCUT2D eigenvalue weighted by atomic mass is 79.9. The molecule has 18 heavy (non-hydrogen) atoms. The number of rotatable bonds is 3. The van der Waals surface area contributed by atoms with E-state index < -0.39 is 0 Å². The maximum absolute atomic E-state index is 13.0. The fourth-order valence-corrected chi connectivity index (χ4v) is 2.08. The van der Waals surface area contributed by atoms with Gasteiger partial charge in [-0.25, -0.2) is 4.39 Å². The summed E-state index contributed by atoms with van der Waals surface area (Å²) in [6.07, 6.45) is 0. The molecule has 94 valence electrons. The molecule has 1 nitrogen and oxygen atoms in total. The molecule has 0 heterocycles. The van der Waals surface area contributed by atoms with Gasteiger partial charge >= 0.3 is 0 Å². The number of ether oxygens (including phenoxy) is 1. The Morgan fingerprint density at radius 2 is 2.00 bits per heavy atom. The Balaban J connectivity index is 2.13. The van der Waals surface area contributed by atoms with Crippen molar-refractivity contribution in [3.8, 4) is 5.75 Å². The quantitative estimate of drug-likeness (QED) is 0.758. The average Bonchev–Trinajstić information content (AvgIpc) is 2.32. The molecule has 0 aliphatic carbocycles. The summed E-state index contributed by atoms with van der Waals surface area (Å²) in [4.78, 5) is 0. The van der Waals surface area contributed by atoms with Crippen LogP contribution in [0.15, 0.2) is 40.9 Å². The Morgan fingerprint density at radius 3 is 2.72 bits per heavy atom. The van der Waals surface area contributed by atoms with E-state index in [1.807, 2.05) is 13.0 Å². The molecule has 4 heteroatoms. The van der Waals surface area contributed by atoms with Crippen LogP contribution in [0, 0.1) is 12.7 Å². The van der Waals surface area contributed by atoms with Crippen LogP contribution in [-0.2, 0) is 6.61 Å². The molecule has 0 bridgehead atoms. The molecule has 0 aliphatic heterocycles. The van der Waals surface area contributed by atoms with Crippen molar-refractivity contribution < 1.29 is 9.13 Å². The van der Waals surface area contributed by atoms with Gasteiger partial charge in [-0.2, -0.15) is 0 Å². The number of halogens is 3. The highest BCUT2D eigenvalue weighted by Crippen LogP contribution is 2.28. The van der Waals surface area contributed by atoms with Crippen LogP contribution in [0.25, 0.3) is 0 Å². The van der Waals surface area contributed by atoms with Crippen molar-refractivity contribution in [1.29, 1.82) is 0 Å². The summed E-state index contributed by atoms with van der Waals surface area (Å²) >= 11 is 9.38. The number of hydrogen-bond acceptors (Lipinski definition) is 1. The second kappa shape index (κ2) is 5.72. The van der Waals surface area contributed by atoms with E-state index >= 15 is 0 Å². The van der Waals surface area contributed by atoms with E-state index in [0.717, 1.165) is 15.6 Å². The Bertz CT molecular complexity index is 572. The predicted octanol–water partition coefficient (Wildman–Crippen LogP) is 5.13. The van der Waals surface area contributed by atoms with Gasteiger partial charge in [0, 0.05) is 4.47 Å². The molecule has 0 saturated heterocycles. The lowest BCUT2D eigenvalue weighted by Crippen LogP contribution is -1.98. The van der Waals surface area contributed by atoms with Crippen LogP contribution in [0.2, 0.25) is 5.02 Å². The molecule has 2 rings (SSSR count). The fourth-order valence-electron chi connectivity index (χ4n) is 1.56. The van der Waals surface area contributed by atoms with E-state index in [1.54, 1.807) is 18.2 Å². The van der Waals surface area contributed by atoms with Gasteiger partial charge < -0.3 is 4.74 Å². The van der Waals surface area contributed by atoms with E-state index in [0.29, 0.717) is 17.4 Å². The van der Waals surface area contributed by atoms with Crippen molar-refractivity contribution in [3.05, 3.63) is 62.8 Å². The lowest BCUT2D eigenvalue weighted by atomic mass is 10.1. The summed E-state index contributed by atoms with van der Waals surface area (Å²) in [6, 6.07) is 10.0. The Kier molecular flexibility index (Phi) is 4.25. The normalized spacial score (nSPS) is 10.4. The van der Waals surface area contributed by atoms with Gasteiger partial charge in [0.1, 0.15) is 18.2 Å². The summed E-state index contributed by atoms with van der Waals surface area (Å²) in [7, 11) is 0. The molecule has 0 radical (unpaired) electrons. The molecule has 0 unspecified atom stereocenters. The zero-order valence-electron chi connectivity index (χ0n) is 9.71. The molecular formula is C14H11BrClFO. The van der Waals surface area contributed by atoms with Crippen molar-refractivity contribution in [1.82, 2.24) is 0 Å². The van der Waals surface area contributed by atoms with Crippen LogP contribution in [0.3, 0.4) is 0 Å². The van der Waals surface area contributed by atoms with Crippen molar-refractivity contribution in [3.63, 3.8) is 0 Å². The van der Waals surface area contributed by atoms with E-state index in [2.05, 4.69) is 15.9 Å². The Hall–Kier alpha value is -1.06. The van der Waals surface area contributed by atoms with Gasteiger partial charge in [-0.05, 0) is 48.4 Å². The molecular weight excluding hydrogens is 319 g/mol. The van der Waals surface area contributed by atoms with Crippen LogP contribution >= 0.6 is 27.5 Å². The zero-order valence-corrected chi connectivity index (χ0v) is 12.1. The molecule has 0 saturated carbocycles. The number of aryl methyl sites for hydroxylation is 1. The lowest BCUT2D eigenvalue weighted by molar-refractivity contribution is 0.305. The Morgan fingerprint density at radius 1 is 1.22 bits per heavy atom. The maximum Gasteiger partial charge on any atom is 0.139 e. The van der Waals surface area contributed by atoms with Gasteiger partial charge in [0.05, 0.1) is 5.02 Å². The van der Waals surface area contributed by atoms with Crippen LogP contribution < -0.4 is 4.74 Å².